The van der Waals surface area contributed by atoms with E-state index in [9.17, 15) is 4.39 Å². The summed E-state index contributed by atoms with van der Waals surface area (Å²) < 4.78 is 46.3. The third kappa shape index (κ3) is 7.65. The van der Waals surface area contributed by atoms with Crippen molar-refractivity contribution in [2.75, 3.05) is 5.32 Å². The monoisotopic (exact) mass is 401 g/mol. The predicted octanol–water partition coefficient (Wildman–Crippen LogP) is 2.52. The number of aromatic nitrogens is 4. The van der Waals surface area contributed by atoms with Crippen LogP contribution >= 0.6 is 11.3 Å². The number of rotatable bonds is 5. The molecule has 2 heterocycles. The molecule has 0 aliphatic heterocycles. The Labute approximate surface area is 153 Å². The van der Waals surface area contributed by atoms with Crippen molar-refractivity contribution in [1.82, 2.24) is 20.0 Å². The molecule has 0 saturated heterocycles. The van der Waals surface area contributed by atoms with Gasteiger partial charge in [0.2, 0.25) is 5.13 Å². The van der Waals surface area contributed by atoms with Gasteiger partial charge in [0.25, 0.3) is 0 Å². The number of hydrogen-bond acceptors (Lipinski definition) is 7. The fourth-order valence-electron chi connectivity index (χ4n) is 1.86. The van der Waals surface area contributed by atoms with Crippen LogP contribution in [0.3, 0.4) is 0 Å². The van der Waals surface area contributed by atoms with Crippen molar-refractivity contribution in [2.45, 2.75) is 19.9 Å². The molecule has 3 rings (SSSR count). The molecule has 0 bridgehead atoms. The van der Waals surface area contributed by atoms with Gasteiger partial charge in [-0.25, -0.2) is 4.39 Å². The highest BCUT2D eigenvalue weighted by atomic mass is 32.3. The highest BCUT2D eigenvalue weighted by Crippen LogP contribution is 2.21. The van der Waals surface area contributed by atoms with Gasteiger partial charge in [-0.15, -0.1) is 10.2 Å². The summed E-state index contributed by atoms with van der Waals surface area (Å²) >= 11 is 1.49. The Bertz CT molecular complexity index is 932. The minimum Gasteiger partial charge on any atom is -0.330 e. The zero-order chi connectivity index (χ0) is 19.2. The summed E-state index contributed by atoms with van der Waals surface area (Å²) in [6, 6.07) is 6.15. The van der Waals surface area contributed by atoms with Gasteiger partial charge in [-0.2, -0.15) is 13.5 Å². The van der Waals surface area contributed by atoms with Crippen LogP contribution in [-0.2, 0) is 23.4 Å². The zero-order valence-corrected chi connectivity index (χ0v) is 15.2. The molecule has 0 atom stereocenters. The molecule has 0 radical (unpaired) electrons. The van der Waals surface area contributed by atoms with Crippen LogP contribution in [0.1, 0.15) is 10.6 Å². The van der Waals surface area contributed by atoms with Crippen LogP contribution in [0.25, 0.3) is 0 Å². The van der Waals surface area contributed by atoms with Gasteiger partial charge in [0.15, 0.2) is 0 Å². The van der Waals surface area contributed by atoms with E-state index < -0.39 is 10.4 Å². The highest BCUT2D eigenvalue weighted by Gasteiger charge is 2.05. The summed E-state index contributed by atoms with van der Waals surface area (Å²) in [6.45, 7) is 2.79. The van der Waals surface area contributed by atoms with Crippen LogP contribution < -0.4 is 5.32 Å². The summed E-state index contributed by atoms with van der Waals surface area (Å²) in [5.74, 6) is -0.256. The molecule has 0 saturated carbocycles. The summed E-state index contributed by atoms with van der Waals surface area (Å²) in [4.78, 5) is 0. The number of benzene rings is 1. The van der Waals surface area contributed by atoms with Gasteiger partial charge >= 0.3 is 10.4 Å². The van der Waals surface area contributed by atoms with E-state index in [2.05, 4.69) is 20.6 Å². The van der Waals surface area contributed by atoms with E-state index in [4.69, 9.17) is 17.5 Å². The molecule has 0 unspecified atom stereocenters. The molecule has 1 aromatic carbocycles. The van der Waals surface area contributed by atoms with Crippen molar-refractivity contribution in [3.63, 3.8) is 0 Å². The molecule has 0 aliphatic carbocycles. The van der Waals surface area contributed by atoms with E-state index in [0.29, 0.717) is 5.13 Å². The Morgan fingerprint density at radius 2 is 1.88 bits per heavy atom. The number of halogens is 1. The van der Waals surface area contributed by atoms with Crippen LogP contribution in [0.2, 0.25) is 0 Å². The molecule has 0 spiro atoms. The molecule has 3 N–H and O–H groups in total. The third-order valence-electron chi connectivity index (χ3n) is 2.88. The van der Waals surface area contributed by atoms with Gasteiger partial charge in [-0.3, -0.25) is 13.8 Å². The number of hydrogen-bond donors (Lipinski definition) is 3. The predicted molar refractivity (Wildman–Crippen MR) is 94.4 cm³/mol. The molecule has 26 heavy (non-hydrogen) atoms. The topological polar surface area (TPSA) is 130 Å². The molecule has 3 aromatic rings. The van der Waals surface area contributed by atoms with E-state index in [-0.39, 0.29) is 5.82 Å². The Balaban J connectivity index is 0.000000431. The fraction of sp³-hybridized carbons (Fsp3) is 0.214. The average Bonchev–Trinajstić information content (AvgIpc) is 3.15. The molecular weight excluding hydrogens is 385 g/mol. The lowest BCUT2D eigenvalue weighted by molar-refractivity contribution is 0.381. The summed E-state index contributed by atoms with van der Waals surface area (Å²) in [5.41, 5.74) is 1.94. The molecule has 0 aliphatic rings. The van der Waals surface area contributed by atoms with E-state index in [1.54, 1.807) is 12.1 Å². The van der Waals surface area contributed by atoms with Crippen LogP contribution in [0.5, 0.6) is 0 Å². The van der Waals surface area contributed by atoms with Crippen molar-refractivity contribution in [1.29, 1.82) is 0 Å². The zero-order valence-electron chi connectivity index (χ0n) is 13.6. The van der Waals surface area contributed by atoms with Gasteiger partial charge in [0.1, 0.15) is 10.8 Å². The molecule has 2 aromatic heterocycles. The van der Waals surface area contributed by atoms with Gasteiger partial charge in [-0.05, 0) is 36.8 Å². The first-order valence-corrected chi connectivity index (χ1v) is 9.44. The van der Waals surface area contributed by atoms with Crippen LogP contribution in [0.15, 0.2) is 36.7 Å². The number of aryl methyl sites for hydroxylation is 3. The maximum atomic E-state index is 12.8. The lowest BCUT2D eigenvalue weighted by Gasteiger charge is -2.00. The number of nitrogens with zero attached hydrogens (tertiary/aromatic N) is 4. The molecule has 12 heteroatoms. The van der Waals surface area contributed by atoms with Gasteiger partial charge in [0, 0.05) is 24.8 Å². The fourth-order valence-corrected chi connectivity index (χ4v) is 2.61. The van der Waals surface area contributed by atoms with Crippen LogP contribution in [0, 0.1) is 12.7 Å². The SMILES string of the molecule is Cc1cnn(CCc2nnc(Nc3ccc(F)cc3)s2)c1.O=S(=O)(O)O. The van der Waals surface area contributed by atoms with E-state index in [0.717, 1.165) is 29.2 Å². The third-order valence-corrected chi connectivity index (χ3v) is 3.78. The Morgan fingerprint density at radius 3 is 2.46 bits per heavy atom. The largest absolute Gasteiger partial charge is 0.394 e. The second-order valence-corrected chi connectivity index (χ2v) is 7.07. The molecule has 9 nitrogen and oxygen atoms in total. The van der Waals surface area contributed by atoms with Crippen molar-refractivity contribution < 1.29 is 21.9 Å². The average molecular weight is 401 g/mol. The lowest BCUT2D eigenvalue weighted by Crippen LogP contribution is -2.01. The molecular formula is C14H16FN5O4S2. The Morgan fingerprint density at radius 1 is 1.23 bits per heavy atom. The Hall–Kier alpha value is -2.41. The maximum Gasteiger partial charge on any atom is 0.394 e. The normalized spacial score (nSPS) is 10.9. The van der Waals surface area contributed by atoms with E-state index >= 15 is 0 Å². The van der Waals surface area contributed by atoms with Crippen molar-refractivity contribution in [2.24, 2.45) is 0 Å². The van der Waals surface area contributed by atoms with Crippen molar-refractivity contribution >= 4 is 32.6 Å². The van der Waals surface area contributed by atoms with Crippen molar-refractivity contribution in [3.8, 4) is 0 Å². The van der Waals surface area contributed by atoms with Gasteiger partial charge in [0.05, 0.1) is 6.20 Å². The number of nitrogens with one attached hydrogen (secondary N) is 1. The minimum atomic E-state index is -4.67. The molecule has 0 amide bonds. The summed E-state index contributed by atoms with van der Waals surface area (Å²) in [7, 11) is -4.67. The summed E-state index contributed by atoms with van der Waals surface area (Å²) in [5, 5.41) is 17.2. The van der Waals surface area contributed by atoms with E-state index in [1.165, 1.54) is 23.5 Å². The first kappa shape index (κ1) is 19.9. The quantitative estimate of drug-likeness (QED) is 0.556. The Kier molecular flexibility index (Phi) is 6.74. The van der Waals surface area contributed by atoms with Crippen molar-refractivity contribution in [3.05, 3.63) is 53.0 Å². The van der Waals surface area contributed by atoms with E-state index in [1.807, 2.05) is 24.0 Å². The van der Waals surface area contributed by atoms with Crippen LogP contribution in [-0.4, -0.2) is 37.5 Å². The maximum absolute atomic E-state index is 12.8. The second-order valence-electron chi connectivity index (χ2n) is 5.11. The number of anilines is 2. The molecule has 140 valence electrons. The highest BCUT2D eigenvalue weighted by molar-refractivity contribution is 7.79. The smallest absolute Gasteiger partial charge is 0.330 e. The molecule has 0 fully saturated rings. The van der Waals surface area contributed by atoms with Crippen LogP contribution in [0.4, 0.5) is 15.2 Å². The van der Waals surface area contributed by atoms with Gasteiger partial charge in [-0.1, -0.05) is 11.3 Å². The first-order valence-electron chi connectivity index (χ1n) is 7.23. The second kappa shape index (κ2) is 8.80. The minimum absolute atomic E-state index is 0.256. The first-order chi connectivity index (χ1) is 12.2. The standard InChI is InChI=1S/C14H14FN5S.H2O4S/c1-10-8-16-20(9-10)7-6-13-18-19-14(21-13)17-12-4-2-11(15)3-5-12;1-5(2,3)4/h2-5,8-9H,6-7H2,1H3,(H,17,19);(H2,1,2,3,4). The lowest BCUT2D eigenvalue weighted by atomic mass is 10.3. The van der Waals surface area contributed by atoms with Gasteiger partial charge < -0.3 is 5.32 Å². The summed E-state index contributed by atoms with van der Waals surface area (Å²) in [6.07, 6.45) is 4.62.